The average molecular weight is 332 g/mol. The molecule has 8 heteroatoms. The number of primary amides is 1. The summed E-state index contributed by atoms with van der Waals surface area (Å²) >= 11 is 0. The van der Waals surface area contributed by atoms with Crippen LogP contribution >= 0.6 is 0 Å². The highest BCUT2D eigenvalue weighted by Crippen LogP contribution is 2.23. The first-order valence-corrected chi connectivity index (χ1v) is 7.22. The molecule has 24 heavy (non-hydrogen) atoms. The highest BCUT2D eigenvalue weighted by atomic mass is 19.1. The number of pyridine rings is 1. The Bertz CT molecular complexity index is 808. The van der Waals surface area contributed by atoms with Gasteiger partial charge in [-0.1, -0.05) is 0 Å². The lowest BCUT2D eigenvalue weighted by Crippen LogP contribution is -2.39. The summed E-state index contributed by atoms with van der Waals surface area (Å²) in [6.45, 7) is 0.427. The SMILES string of the molecule is NC(=O)c1ccc(NC(=O)N2CCc3c(F)cc(F)cc3C2)cn1. The molecule has 0 bridgehead atoms. The van der Waals surface area contributed by atoms with E-state index in [1.807, 2.05) is 0 Å². The zero-order valence-electron chi connectivity index (χ0n) is 12.6. The highest BCUT2D eigenvalue weighted by molar-refractivity contribution is 5.92. The summed E-state index contributed by atoms with van der Waals surface area (Å²) in [7, 11) is 0. The summed E-state index contributed by atoms with van der Waals surface area (Å²) in [5.74, 6) is -1.92. The molecule has 1 aliphatic rings. The van der Waals surface area contributed by atoms with Gasteiger partial charge in [0.05, 0.1) is 11.9 Å². The average Bonchev–Trinajstić information content (AvgIpc) is 2.54. The van der Waals surface area contributed by atoms with Gasteiger partial charge in [0.15, 0.2) is 0 Å². The number of rotatable bonds is 2. The van der Waals surface area contributed by atoms with E-state index in [1.165, 1.54) is 29.3 Å². The van der Waals surface area contributed by atoms with Crippen LogP contribution in [0.25, 0.3) is 0 Å². The molecule has 3 amide bonds. The molecule has 0 fully saturated rings. The van der Waals surface area contributed by atoms with Gasteiger partial charge in [0.2, 0.25) is 0 Å². The van der Waals surface area contributed by atoms with Gasteiger partial charge in [-0.3, -0.25) is 4.79 Å². The Morgan fingerprint density at radius 3 is 2.71 bits per heavy atom. The van der Waals surface area contributed by atoms with Gasteiger partial charge in [-0.2, -0.15) is 0 Å². The van der Waals surface area contributed by atoms with Crippen LogP contribution in [0.5, 0.6) is 0 Å². The van der Waals surface area contributed by atoms with E-state index in [-0.39, 0.29) is 12.2 Å². The maximum atomic E-state index is 13.7. The second kappa shape index (κ2) is 6.23. The molecule has 0 unspecified atom stereocenters. The van der Waals surface area contributed by atoms with Crippen LogP contribution in [0, 0.1) is 11.6 Å². The van der Waals surface area contributed by atoms with E-state index in [4.69, 9.17) is 5.73 Å². The topological polar surface area (TPSA) is 88.3 Å². The lowest BCUT2D eigenvalue weighted by molar-refractivity contribution is 0.0995. The van der Waals surface area contributed by atoms with Crippen LogP contribution in [0.2, 0.25) is 0 Å². The minimum absolute atomic E-state index is 0.0887. The molecule has 0 spiro atoms. The molecule has 2 heterocycles. The lowest BCUT2D eigenvalue weighted by Gasteiger charge is -2.29. The maximum absolute atomic E-state index is 13.7. The lowest BCUT2D eigenvalue weighted by atomic mass is 9.99. The first-order valence-electron chi connectivity index (χ1n) is 7.22. The third kappa shape index (κ3) is 3.17. The van der Waals surface area contributed by atoms with Crippen LogP contribution in [0.1, 0.15) is 21.6 Å². The number of nitrogens with two attached hydrogens (primary N) is 1. The Morgan fingerprint density at radius 2 is 2.04 bits per heavy atom. The number of halogens is 2. The number of nitrogens with zero attached hydrogens (tertiary/aromatic N) is 2. The quantitative estimate of drug-likeness (QED) is 0.882. The van der Waals surface area contributed by atoms with Gasteiger partial charge in [-0.25, -0.2) is 18.6 Å². The Kier molecular flexibility index (Phi) is 4.11. The van der Waals surface area contributed by atoms with Gasteiger partial charge in [-0.05, 0) is 35.7 Å². The van der Waals surface area contributed by atoms with Crippen molar-refractivity contribution in [2.24, 2.45) is 5.73 Å². The van der Waals surface area contributed by atoms with Crippen LogP contribution < -0.4 is 11.1 Å². The summed E-state index contributed by atoms with van der Waals surface area (Å²) in [4.78, 5) is 28.5. The van der Waals surface area contributed by atoms with Crippen LogP contribution in [-0.4, -0.2) is 28.4 Å². The smallest absolute Gasteiger partial charge is 0.322 e. The molecule has 3 rings (SSSR count). The first-order chi connectivity index (χ1) is 11.4. The number of carbonyl (C=O) groups excluding carboxylic acids is 2. The third-order valence-corrected chi connectivity index (χ3v) is 3.80. The second-order valence-corrected chi connectivity index (χ2v) is 5.42. The first kappa shape index (κ1) is 15.9. The van der Waals surface area contributed by atoms with Crippen molar-refractivity contribution in [1.29, 1.82) is 0 Å². The molecule has 0 saturated carbocycles. The third-order valence-electron chi connectivity index (χ3n) is 3.80. The van der Waals surface area contributed by atoms with Gasteiger partial charge in [0, 0.05) is 19.2 Å². The van der Waals surface area contributed by atoms with Gasteiger partial charge in [0.25, 0.3) is 5.91 Å². The van der Waals surface area contributed by atoms with E-state index in [0.717, 1.165) is 6.07 Å². The molecular weight excluding hydrogens is 318 g/mol. The van der Waals surface area contributed by atoms with Crippen molar-refractivity contribution < 1.29 is 18.4 Å². The van der Waals surface area contributed by atoms with Crippen LogP contribution in [0.15, 0.2) is 30.5 Å². The molecule has 1 aromatic heterocycles. The fraction of sp³-hybridized carbons (Fsp3) is 0.188. The number of hydrogen-bond donors (Lipinski definition) is 2. The molecule has 0 saturated heterocycles. The van der Waals surface area contributed by atoms with Crippen molar-refractivity contribution in [3.63, 3.8) is 0 Å². The van der Waals surface area contributed by atoms with Gasteiger partial charge >= 0.3 is 6.03 Å². The molecule has 0 aliphatic carbocycles. The number of aromatic nitrogens is 1. The predicted octanol–water partition coefficient (Wildman–Crippen LogP) is 2.05. The molecule has 124 valence electrons. The van der Waals surface area contributed by atoms with Crippen molar-refractivity contribution in [2.45, 2.75) is 13.0 Å². The van der Waals surface area contributed by atoms with E-state index in [1.54, 1.807) is 0 Å². The van der Waals surface area contributed by atoms with Crippen LogP contribution in [0.4, 0.5) is 19.3 Å². The van der Waals surface area contributed by atoms with Crippen molar-refractivity contribution in [1.82, 2.24) is 9.88 Å². The minimum atomic E-state index is -0.667. The Labute approximate surface area is 136 Å². The number of hydrogen-bond acceptors (Lipinski definition) is 3. The number of carbonyl (C=O) groups is 2. The Balaban J connectivity index is 1.71. The summed E-state index contributed by atoms with van der Waals surface area (Å²) in [5.41, 5.74) is 6.46. The van der Waals surface area contributed by atoms with E-state index >= 15 is 0 Å². The Morgan fingerprint density at radius 1 is 1.25 bits per heavy atom. The minimum Gasteiger partial charge on any atom is -0.364 e. The molecule has 0 atom stereocenters. The Hall–Kier alpha value is -3.03. The molecule has 3 N–H and O–H groups in total. The van der Waals surface area contributed by atoms with Crippen molar-refractivity contribution in [3.05, 3.63) is 58.9 Å². The maximum Gasteiger partial charge on any atom is 0.322 e. The molecule has 0 radical (unpaired) electrons. The summed E-state index contributed by atoms with van der Waals surface area (Å²) in [6, 6.07) is 4.57. The van der Waals surface area contributed by atoms with Crippen molar-refractivity contribution in [2.75, 3.05) is 11.9 Å². The molecule has 6 nitrogen and oxygen atoms in total. The number of urea groups is 1. The molecule has 2 aromatic rings. The summed E-state index contributed by atoms with van der Waals surface area (Å²) in [5, 5.41) is 2.62. The zero-order valence-corrected chi connectivity index (χ0v) is 12.6. The van der Waals surface area contributed by atoms with Crippen LogP contribution in [-0.2, 0) is 13.0 Å². The van der Waals surface area contributed by atoms with E-state index < -0.39 is 23.6 Å². The molecule has 1 aromatic carbocycles. The molecular formula is C16H14F2N4O2. The monoisotopic (exact) mass is 332 g/mol. The van der Waals surface area contributed by atoms with Crippen molar-refractivity contribution >= 4 is 17.6 Å². The summed E-state index contributed by atoms with van der Waals surface area (Å²) < 4.78 is 27.0. The van der Waals surface area contributed by atoms with E-state index in [0.29, 0.717) is 29.8 Å². The number of nitrogens with one attached hydrogen (secondary N) is 1. The highest BCUT2D eigenvalue weighted by Gasteiger charge is 2.23. The summed E-state index contributed by atoms with van der Waals surface area (Å²) in [6.07, 6.45) is 1.63. The second-order valence-electron chi connectivity index (χ2n) is 5.42. The number of benzene rings is 1. The van der Waals surface area contributed by atoms with E-state index in [9.17, 15) is 18.4 Å². The fourth-order valence-corrected chi connectivity index (χ4v) is 2.60. The largest absolute Gasteiger partial charge is 0.364 e. The predicted molar refractivity (Wildman–Crippen MR) is 82.2 cm³/mol. The van der Waals surface area contributed by atoms with Gasteiger partial charge in [0.1, 0.15) is 17.3 Å². The fourth-order valence-electron chi connectivity index (χ4n) is 2.60. The van der Waals surface area contributed by atoms with Gasteiger partial charge in [-0.15, -0.1) is 0 Å². The number of amides is 3. The molecule has 1 aliphatic heterocycles. The van der Waals surface area contributed by atoms with E-state index in [2.05, 4.69) is 10.3 Å². The van der Waals surface area contributed by atoms with Crippen molar-refractivity contribution in [3.8, 4) is 0 Å². The standard InChI is InChI=1S/C16H14F2N4O2/c17-10-5-9-8-22(4-3-12(9)13(18)6-10)16(24)21-11-1-2-14(15(19)23)20-7-11/h1-2,5-7H,3-4,8H2,(H2,19,23)(H,21,24). The normalized spacial score (nSPS) is 13.3. The van der Waals surface area contributed by atoms with Gasteiger partial charge < -0.3 is 16.0 Å². The zero-order chi connectivity index (χ0) is 17.3. The van der Waals surface area contributed by atoms with Crippen LogP contribution in [0.3, 0.4) is 0 Å². The number of anilines is 1. The number of fused-ring (bicyclic) bond motifs is 1.